The third kappa shape index (κ3) is 2.99. The summed E-state index contributed by atoms with van der Waals surface area (Å²) in [5.41, 5.74) is 6.25. The number of anilines is 2. The normalized spacial score (nSPS) is 10.0. The van der Waals surface area contributed by atoms with Crippen LogP contribution in [0.4, 0.5) is 11.5 Å². The number of aromatic nitrogens is 2. The maximum atomic E-state index is 11.7. The van der Waals surface area contributed by atoms with Gasteiger partial charge < -0.3 is 20.3 Å². The number of likely N-dealkylation sites (N-methyl/N-ethyl adjacent to an activating group) is 2. The molecule has 7 heteroatoms. The number of rotatable bonds is 5. The van der Waals surface area contributed by atoms with E-state index in [2.05, 4.69) is 9.97 Å². The van der Waals surface area contributed by atoms with Crippen LogP contribution in [-0.4, -0.2) is 55.1 Å². The Morgan fingerprint density at radius 3 is 2.61 bits per heavy atom. The molecule has 7 nitrogen and oxygen atoms in total. The molecule has 100 valence electrons. The van der Waals surface area contributed by atoms with E-state index in [1.807, 2.05) is 6.92 Å². The largest absolute Gasteiger partial charge is 0.479 e. The van der Waals surface area contributed by atoms with Crippen molar-refractivity contribution in [1.82, 2.24) is 14.9 Å². The second-order valence-corrected chi connectivity index (χ2v) is 3.92. The quantitative estimate of drug-likeness (QED) is 0.794. The van der Waals surface area contributed by atoms with Crippen molar-refractivity contribution in [2.45, 2.75) is 6.92 Å². The Kier molecular flexibility index (Phi) is 4.70. The van der Waals surface area contributed by atoms with E-state index in [4.69, 9.17) is 10.5 Å². The van der Waals surface area contributed by atoms with Gasteiger partial charge in [0.2, 0.25) is 11.8 Å². The minimum atomic E-state index is -0.0196. The summed E-state index contributed by atoms with van der Waals surface area (Å²) in [7, 11) is 4.91. The number of amides is 1. The molecule has 0 aliphatic carbocycles. The fraction of sp³-hybridized carbons (Fsp3) is 0.545. The van der Waals surface area contributed by atoms with Crippen LogP contribution >= 0.6 is 0 Å². The molecule has 18 heavy (non-hydrogen) atoms. The van der Waals surface area contributed by atoms with Crippen LogP contribution in [0.25, 0.3) is 0 Å². The number of carbonyl (C=O) groups is 1. The first-order valence-corrected chi connectivity index (χ1v) is 5.60. The van der Waals surface area contributed by atoms with E-state index < -0.39 is 0 Å². The first-order valence-electron chi connectivity index (χ1n) is 5.60. The Morgan fingerprint density at radius 2 is 2.11 bits per heavy atom. The minimum absolute atomic E-state index is 0.0196. The van der Waals surface area contributed by atoms with E-state index in [-0.39, 0.29) is 12.5 Å². The van der Waals surface area contributed by atoms with Gasteiger partial charge >= 0.3 is 0 Å². The number of nitrogens with two attached hydrogens (primary N) is 1. The number of nitrogens with zero attached hydrogens (tertiary/aromatic N) is 4. The minimum Gasteiger partial charge on any atom is -0.479 e. The van der Waals surface area contributed by atoms with Crippen LogP contribution in [0.3, 0.4) is 0 Å². The molecule has 1 aromatic rings. The predicted molar refractivity (Wildman–Crippen MR) is 69.6 cm³/mol. The molecular weight excluding hydrogens is 234 g/mol. The maximum absolute atomic E-state index is 11.7. The van der Waals surface area contributed by atoms with Gasteiger partial charge in [-0.05, 0) is 6.92 Å². The molecule has 1 rings (SSSR count). The van der Waals surface area contributed by atoms with E-state index in [1.54, 1.807) is 19.0 Å². The average molecular weight is 253 g/mol. The number of ether oxygens (including phenoxy) is 1. The Bertz CT molecular complexity index is 422. The Balaban J connectivity index is 2.98. The van der Waals surface area contributed by atoms with Gasteiger partial charge in [-0.15, -0.1) is 0 Å². The van der Waals surface area contributed by atoms with Gasteiger partial charge in [0.25, 0.3) is 0 Å². The van der Waals surface area contributed by atoms with E-state index >= 15 is 0 Å². The standard InChI is InChI=1S/C11H19N5O2/c1-5-16(6-8(17)15(2)3)10-9(12)11(18-4)14-7-13-10/h7H,5-6,12H2,1-4H3. The Labute approximate surface area is 107 Å². The van der Waals surface area contributed by atoms with Gasteiger partial charge in [-0.3, -0.25) is 4.79 Å². The molecule has 1 aromatic heterocycles. The fourth-order valence-corrected chi connectivity index (χ4v) is 1.43. The SMILES string of the molecule is CCN(CC(=O)N(C)C)c1ncnc(OC)c1N. The molecule has 0 bridgehead atoms. The second kappa shape index (κ2) is 6.04. The van der Waals surface area contributed by atoms with Gasteiger partial charge in [-0.2, -0.15) is 4.98 Å². The van der Waals surface area contributed by atoms with Crippen molar-refractivity contribution in [2.24, 2.45) is 0 Å². The molecule has 0 aromatic carbocycles. The van der Waals surface area contributed by atoms with Gasteiger partial charge in [0.05, 0.1) is 13.7 Å². The molecule has 0 saturated heterocycles. The highest BCUT2D eigenvalue weighted by Crippen LogP contribution is 2.27. The zero-order valence-electron chi connectivity index (χ0n) is 11.2. The summed E-state index contributed by atoms with van der Waals surface area (Å²) in [4.78, 5) is 23.0. The number of methoxy groups -OCH3 is 1. The van der Waals surface area contributed by atoms with Gasteiger partial charge in [-0.25, -0.2) is 4.98 Å². The molecule has 2 N–H and O–H groups in total. The molecule has 0 atom stereocenters. The molecule has 0 spiro atoms. The lowest BCUT2D eigenvalue weighted by atomic mass is 10.3. The summed E-state index contributed by atoms with van der Waals surface area (Å²) in [6, 6.07) is 0. The van der Waals surface area contributed by atoms with Crippen molar-refractivity contribution in [3.8, 4) is 5.88 Å². The summed E-state index contributed by atoms with van der Waals surface area (Å²) < 4.78 is 5.03. The highest BCUT2D eigenvalue weighted by Gasteiger charge is 2.17. The topological polar surface area (TPSA) is 84.6 Å². The number of hydrogen-bond donors (Lipinski definition) is 1. The van der Waals surface area contributed by atoms with Crippen LogP contribution in [0.1, 0.15) is 6.92 Å². The predicted octanol–water partition coefficient (Wildman–Crippen LogP) is -0.0181. The third-order valence-electron chi connectivity index (χ3n) is 2.53. The lowest BCUT2D eigenvalue weighted by Gasteiger charge is -2.24. The van der Waals surface area contributed by atoms with Crippen LogP contribution < -0.4 is 15.4 Å². The first kappa shape index (κ1) is 14.0. The number of hydrogen-bond acceptors (Lipinski definition) is 6. The smallest absolute Gasteiger partial charge is 0.242 e. The van der Waals surface area contributed by atoms with Crippen LogP contribution in [0, 0.1) is 0 Å². The molecule has 0 aliphatic rings. The van der Waals surface area contributed by atoms with Crippen molar-refractivity contribution >= 4 is 17.4 Å². The monoisotopic (exact) mass is 253 g/mol. The van der Waals surface area contributed by atoms with Crippen molar-refractivity contribution < 1.29 is 9.53 Å². The second-order valence-electron chi connectivity index (χ2n) is 3.92. The highest BCUT2D eigenvalue weighted by atomic mass is 16.5. The van der Waals surface area contributed by atoms with Crippen LogP contribution in [-0.2, 0) is 4.79 Å². The molecule has 1 heterocycles. The van der Waals surface area contributed by atoms with Crippen molar-refractivity contribution in [3.05, 3.63) is 6.33 Å². The average Bonchev–Trinajstić information content (AvgIpc) is 2.36. The van der Waals surface area contributed by atoms with Crippen molar-refractivity contribution in [2.75, 3.05) is 44.9 Å². The number of carbonyl (C=O) groups excluding carboxylic acids is 1. The zero-order chi connectivity index (χ0) is 13.7. The van der Waals surface area contributed by atoms with Crippen LogP contribution in [0.2, 0.25) is 0 Å². The summed E-state index contributed by atoms with van der Waals surface area (Å²) in [6.07, 6.45) is 1.37. The van der Waals surface area contributed by atoms with Gasteiger partial charge in [0.15, 0.2) is 5.82 Å². The molecule has 1 amide bonds. The van der Waals surface area contributed by atoms with Gasteiger partial charge in [-0.1, -0.05) is 0 Å². The summed E-state index contributed by atoms with van der Waals surface area (Å²) in [5.74, 6) is 0.809. The number of nitrogen functional groups attached to an aromatic ring is 1. The van der Waals surface area contributed by atoms with Crippen molar-refractivity contribution in [1.29, 1.82) is 0 Å². The molecular formula is C11H19N5O2. The molecule has 0 aliphatic heterocycles. The lowest BCUT2D eigenvalue weighted by Crippen LogP contribution is -2.37. The molecule has 0 unspecified atom stereocenters. The third-order valence-corrected chi connectivity index (χ3v) is 2.53. The fourth-order valence-electron chi connectivity index (χ4n) is 1.43. The Morgan fingerprint density at radius 1 is 1.44 bits per heavy atom. The van der Waals surface area contributed by atoms with E-state index in [9.17, 15) is 4.79 Å². The zero-order valence-corrected chi connectivity index (χ0v) is 11.2. The van der Waals surface area contributed by atoms with Crippen LogP contribution in [0.5, 0.6) is 5.88 Å². The maximum Gasteiger partial charge on any atom is 0.242 e. The highest BCUT2D eigenvalue weighted by molar-refractivity contribution is 5.82. The van der Waals surface area contributed by atoms with Crippen molar-refractivity contribution in [3.63, 3.8) is 0 Å². The molecule has 0 fully saturated rings. The van der Waals surface area contributed by atoms with E-state index in [1.165, 1.54) is 18.3 Å². The summed E-state index contributed by atoms with van der Waals surface area (Å²) in [5, 5.41) is 0. The van der Waals surface area contributed by atoms with E-state index in [0.29, 0.717) is 23.9 Å². The first-order chi connectivity index (χ1) is 8.51. The molecule has 0 saturated carbocycles. The lowest BCUT2D eigenvalue weighted by molar-refractivity contribution is -0.127. The van der Waals surface area contributed by atoms with Crippen LogP contribution in [0.15, 0.2) is 6.33 Å². The van der Waals surface area contributed by atoms with Gasteiger partial charge in [0, 0.05) is 20.6 Å². The molecule has 0 radical (unpaired) electrons. The Hall–Kier alpha value is -2.05. The summed E-state index contributed by atoms with van der Waals surface area (Å²) >= 11 is 0. The van der Waals surface area contributed by atoms with Gasteiger partial charge in [0.1, 0.15) is 12.0 Å². The summed E-state index contributed by atoms with van der Waals surface area (Å²) in [6.45, 7) is 2.76. The van der Waals surface area contributed by atoms with E-state index in [0.717, 1.165) is 0 Å².